The predicted octanol–water partition coefficient (Wildman–Crippen LogP) is 5.16. The smallest absolute Gasteiger partial charge is 0.416 e. The van der Waals surface area contributed by atoms with Crippen LogP contribution in [0.3, 0.4) is 0 Å². The molecule has 2 aromatic rings. The molecule has 10 heteroatoms. The quantitative estimate of drug-likeness (QED) is 0.649. The molecular formula is C24H30F3N3O4. The lowest BCUT2D eigenvalue weighted by atomic mass is 9.90. The second kappa shape index (κ2) is 9.77. The summed E-state index contributed by atoms with van der Waals surface area (Å²) in [6.45, 7) is 8.01. The second-order valence-corrected chi connectivity index (χ2v) is 9.49. The van der Waals surface area contributed by atoms with Crippen molar-refractivity contribution in [2.75, 3.05) is 20.2 Å². The van der Waals surface area contributed by atoms with Crippen molar-refractivity contribution in [1.29, 1.82) is 0 Å². The molecule has 1 aliphatic rings. The molecule has 34 heavy (non-hydrogen) atoms. The van der Waals surface area contributed by atoms with Gasteiger partial charge >= 0.3 is 12.3 Å². The van der Waals surface area contributed by atoms with E-state index >= 15 is 0 Å². The number of nitrogens with zero attached hydrogens (tertiary/aromatic N) is 3. The molecule has 2 atom stereocenters. The van der Waals surface area contributed by atoms with Crippen molar-refractivity contribution < 1.29 is 32.5 Å². The van der Waals surface area contributed by atoms with Crippen LogP contribution >= 0.6 is 0 Å². The molecule has 0 bridgehead atoms. The number of piperidine rings is 1. The highest BCUT2D eigenvalue weighted by atomic mass is 19.4. The number of rotatable bonds is 4. The average molecular weight is 482 g/mol. The van der Waals surface area contributed by atoms with Crippen LogP contribution in [0.15, 0.2) is 24.3 Å². The highest BCUT2D eigenvalue weighted by molar-refractivity contribution is 5.70. The van der Waals surface area contributed by atoms with Crippen molar-refractivity contribution in [2.24, 2.45) is 5.92 Å². The molecule has 7 nitrogen and oxygen atoms in total. The Balaban J connectivity index is 1.80. The van der Waals surface area contributed by atoms with Gasteiger partial charge in [0.25, 0.3) is 0 Å². The van der Waals surface area contributed by atoms with E-state index in [1.807, 2.05) is 0 Å². The van der Waals surface area contributed by atoms with Gasteiger partial charge in [-0.05, 0) is 70.4 Å². The molecule has 1 amide bonds. The highest BCUT2D eigenvalue weighted by Crippen LogP contribution is 2.38. The van der Waals surface area contributed by atoms with Gasteiger partial charge in [0, 0.05) is 24.6 Å². The first-order chi connectivity index (χ1) is 15.8. The van der Waals surface area contributed by atoms with Crippen LogP contribution < -0.4 is 4.74 Å². The number of aliphatic hydroxyl groups excluding tert-OH is 1. The number of carbonyl (C=O) groups is 1. The van der Waals surface area contributed by atoms with Gasteiger partial charge in [0.15, 0.2) is 0 Å². The maximum Gasteiger partial charge on any atom is 0.416 e. The van der Waals surface area contributed by atoms with E-state index in [1.165, 1.54) is 13.2 Å². The molecule has 1 saturated heterocycles. The summed E-state index contributed by atoms with van der Waals surface area (Å²) in [5, 5.41) is 19.3. The number of aromatic nitrogens is 2. The van der Waals surface area contributed by atoms with Gasteiger partial charge in [-0.3, -0.25) is 0 Å². The minimum Gasteiger partial charge on any atom is -0.496 e. The Morgan fingerprint density at radius 2 is 1.91 bits per heavy atom. The molecule has 0 aliphatic carbocycles. The van der Waals surface area contributed by atoms with E-state index in [0.29, 0.717) is 48.4 Å². The Morgan fingerprint density at radius 3 is 2.50 bits per heavy atom. The summed E-state index contributed by atoms with van der Waals surface area (Å²) >= 11 is 0. The lowest BCUT2D eigenvalue weighted by Crippen LogP contribution is -2.44. The van der Waals surface area contributed by atoms with E-state index in [1.54, 1.807) is 38.7 Å². The molecule has 0 saturated carbocycles. The lowest BCUT2D eigenvalue weighted by Gasteiger charge is -2.35. The van der Waals surface area contributed by atoms with Crippen molar-refractivity contribution in [2.45, 2.75) is 58.4 Å². The summed E-state index contributed by atoms with van der Waals surface area (Å²) in [5.41, 5.74) is 0.263. The zero-order valence-corrected chi connectivity index (χ0v) is 19.9. The Bertz CT molecular complexity index is 1040. The first-order valence-electron chi connectivity index (χ1n) is 11.1. The van der Waals surface area contributed by atoms with Crippen LogP contribution in [0.25, 0.3) is 11.3 Å². The number of hydrogen-bond acceptors (Lipinski definition) is 6. The Morgan fingerprint density at radius 1 is 1.21 bits per heavy atom. The molecule has 3 rings (SSSR count). The summed E-state index contributed by atoms with van der Waals surface area (Å²) in [6, 6.07) is 4.85. The number of halogens is 3. The summed E-state index contributed by atoms with van der Waals surface area (Å²) in [6.07, 6.45) is -4.45. The first kappa shape index (κ1) is 25.7. The summed E-state index contributed by atoms with van der Waals surface area (Å²) in [4.78, 5) is 14.0. The van der Waals surface area contributed by atoms with Crippen molar-refractivity contribution in [3.05, 3.63) is 41.1 Å². The number of carbonyl (C=O) groups excluding carboxylic acids is 1. The molecule has 1 aliphatic heterocycles. The number of benzene rings is 1. The number of hydrogen-bond donors (Lipinski definition) is 1. The van der Waals surface area contributed by atoms with Crippen LogP contribution in [0.2, 0.25) is 0 Å². The van der Waals surface area contributed by atoms with Crippen molar-refractivity contribution in [1.82, 2.24) is 15.1 Å². The van der Waals surface area contributed by atoms with Gasteiger partial charge < -0.3 is 19.5 Å². The lowest BCUT2D eigenvalue weighted by molar-refractivity contribution is -0.137. The third-order valence-corrected chi connectivity index (χ3v) is 5.65. The molecule has 0 unspecified atom stereocenters. The van der Waals surface area contributed by atoms with E-state index in [2.05, 4.69) is 10.2 Å². The fourth-order valence-corrected chi connectivity index (χ4v) is 3.98. The normalized spacial score (nSPS) is 17.9. The average Bonchev–Trinajstić information content (AvgIpc) is 2.76. The van der Waals surface area contributed by atoms with Gasteiger partial charge in [0.1, 0.15) is 17.5 Å². The molecule has 0 radical (unpaired) electrons. The minimum atomic E-state index is -4.49. The van der Waals surface area contributed by atoms with Crippen LogP contribution in [0.1, 0.15) is 56.5 Å². The van der Waals surface area contributed by atoms with Gasteiger partial charge in [-0.2, -0.15) is 18.3 Å². The van der Waals surface area contributed by atoms with Gasteiger partial charge in [0.05, 0.1) is 24.1 Å². The topological polar surface area (TPSA) is 84.8 Å². The molecule has 1 N–H and O–H groups in total. The van der Waals surface area contributed by atoms with E-state index in [-0.39, 0.29) is 11.7 Å². The third kappa shape index (κ3) is 5.97. The number of amides is 1. The summed E-state index contributed by atoms with van der Waals surface area (Å²) in [5.74, 6) is -0.220. The maximum atomic E-state index is 13.1. The van der Waals surface area contributed by atoms with Crippen LogP contribution in [-0.2, 0) is 10.9 Å². The Kier molecular flexibility index (Phi) is 7.40. The summed E-state index contributed by atoms with van der Waals surface area (Å²) in [7, 11) is 1.29. The highest BCUT2D eigenvalue weighted by Gasteiger charge is 2.33. The molecule has 1 aromatic carbocycles. The largest absolute Gasteiger partial charge is 0.496 e. The number of alkyl halides is 3. The van der Waals surface area contributed by atoms with E-state index in [0.717, 1.165) is 12.1 Å². The fraction of sp³-hybridized carbons (Fsp3) is 0.542. The monoisotopic (exact) mass is 481 g/mol. The van der Waals surface area contributed by atoms with Gasteiger partial charge in [-0.25, -0.2) is 4.79 Å². The fourth-order valence-electron chi connectivity index (χ4n) is 3.98. The molecule has 186 valence electrons. The number of methoxy groups -OCH3 is 1. The van der Waals surface area contributed by atoms with Crippen LogP contribution in [0, 0.1) is 12.8 Å². The zero-order valence-electron chi connectivity index (χ0n) is 19.9. The predicted molar refractivity (Wildman–Crippen MR) is 119 cm³/mol. The Labute approximate surface area is 196 Å². The van der Waals surface area contributed by atoms with Crippen molar-refractivity contribution >= 4 is 6.09 Å². The zero-order chi connectivity index (χ0) is 25.3. The van der Waals surface area contributed by atoms with Gasteiger partial charge in [-0.15, -0.1) is 5.10 Å². The SMILES string of the molecule is COc1cc(C(F)(F)F)ccc1-c1nnc([C@H](O)[C@@H]2CCCN(C(=O)OC(C)(C)C)C2)cc1C. The van der Waals surface area contributed by atoms with Crippen LogP contribution in [0.5, 0.6) is 5.75 Å². The van der Waals surface area contributed by atoms with Crippen LogP contribution in [0.4, 0.5) is 18.0 Å². The van der Waals surface area contributed by atoms with E-state index in [9.17, 15) is 23.1 Å². The minimum absolute atomic E-state index is 0.0285. The molecular weight excluding hydrogens is 451 g/mol. The number of ether oxygens (including phenoxy) is 2. The van der Waals surface area contributed by atoms with E-state index < -0.39 is 29.5 Å². The molecule has 2 heterocycles. The summed E-state index contributed by atoms with van der Waals surface area (Å²) < 4.78 is 49.8. The van der Waals surface area contributed by atoms with Gasteiger partial charge in [-0.1, -0.05) is 0 Å². The first-order valence-corrected chi connectivity index (χ1v) is 11.1. The van der Waals surface area contributed by atoms with Gasteiger partial charge in [0.2, 0.25) is 0 Å². The standard InChI is InChI=1S/C24H30F3N3O4/c1-14-11-18(21(31)15-7-6-10-30(13-15)22(32)34-23(2,3)4)28-29-20(14)17-9-8-16(24(25,26)27)12-19(17)33-5/h8-9,11-12,15,21,31H,6-7,10,13H2,1-5H3/t15-,21-/m1/s1. The molecule has 0 spiro atoms. The molecule has 1 fully saturated rings. The molecule has 1 aromatic heterocycles. The Hall–Kier alpha value is -2.88. The van der Waals surface area contributed by atoms with Crippen molar-refractivity contribution in [3.8, 4) is 17.0 Å². The van der Waals surface area contributed by atoms with E-state index in [4.69, 9.17) is 9.47 Å². The maximum absolute atomic E-state index is 13.1. The van der Waals surface area contributed by atoms with Crippen LogP contribution in [-0.4, -0.2) is 52.1 Å². The number of aryl methyl sites for hydroxylation is 1. The number of aliphatic hydroxyl groups is 1. The van der Waals surface area contributed by atoms with Crippen molar-refractivity contribution in [3.63, 3.8) is 0 Å². The second-order valence-electron chi connectivity index (χ2n) is 9.49. The third-order valence-electron chi connectivity index (χ3n) is 5.65. The number of likely N-dealkylation sites (tertiary alicyclic amines) is 1.